The Labute approximate surface area is 95.2 Å². The highest BCUT2D eigenvalue weighted by atomic mass is 16.5. The molecule has 4 nitrogen and oxygen atoms in total. The van der Waals surface area contributed by atoms with Crippen LogP contribution in [0.15, 0.2) is 18.2 Å². The third-order valence-corrected chi connectivity index (χ3v) is 2.70. The predicted octanol–water partition coefficient (Wildman–Crippen LogP) is 1.64. The third kappa shape index (κ3) is 2.39. The minimum atomic E-state index is 0.225. The van der Waals surface area contributed by atoms with Crippen molar-refractivity contribution in [3.05, 3.63) is 18.2 Å². The minimum Gasteiger partial charge on any atom is -0.497 e. The van der Waals surface area contributed by atoms with Crippen LogP contribution in [0.1, 0.15) is 12.8 Å². The summed E-state index contributed by atoms with van der Waals surface area (Å²) < 4.78 is 10.8. The highest BCUT2D eigenvalue weighted by Crippen LogP contribution is 2.33. The maximum absolute atomic E-state index is 8.79. The van der Waals surface area contributed by atoms with E-state index in [1.54, 1.807) is 7.11 Å². The van der Waals surface area contributed by atoms with Gasteiger partial charge in [-0.05, 0) is 25.0 Å². The summed E-state index contributed by atoms with van der Waals surface area (Å²) in [7, 11) is 1.65. The first-order chi connectivity index (χ1) is 7.83. The molecule has 1 unspecified atom stereocenters. The number of nitrogens with one attached hydrogen (secondary N) is 1. The van der Waals surface area contributed by atoms with Crippen molar-refractivity contribution in [2.75, 3.05) is 25.6 Å². The standard InChI is InChI=1S/C12H17NO3/c1-15-10-4-5-12-11(7-10)13-9(8-16-12)3-2-6-14/h4-5,7,9,13-14H,2-3,6,8H2,1H3. The first-order valence-electron chi connectivity index (χ1n) is 5.51. The van der Waals surface area contributed by atoms with Gasteiger partial charge in [-0.1, -0.05) is 0 Å². The zero-order chi connectivity index (χ0) is 11.4. The molecule has 0 aliphatic carbocycles. The number of hydrogen-bond donors (Lipinski definition) is 2. The largest absolute Gasteiger partial charge is 0.497 e. The molecule has 0 aromatic heterocycles. The number of methoxy groups -OCH3 is 1. The summed E-state index contributed by atoms with van der Waals surface area (Å²) in [6, 6.07) is 5.99. The van der Waals surface area contributed by atoms with Crippen molar-refractivity contribution in [1.29, 1.82) is 0 Å². The SMILES string of the molecule is COc1ccc2c(c1)NC(CCCO)CO2. The number of ether oxygens (including phenoxy) is 2. The third-order valence-electron chi connectivity index (χ3n) is 2.70. The van der Waals surface area contributed by atoms with E-state index in [0.717, 1.165) is 30.0 Å². The normalized spacial score (nSPS) is 18.2. The molecule has 1 aliphatic rings. The van der Waals surface area contributed by atoms with Crippen LogP contribution in [-0.2, 0) is 0 Å². The average Bonchev–Trinajstić information content (AvgIpc) is 2.35. The number of hydrogen-bond acceptors (Lipinski definition) is 4. The first kappa shape index (κ1) is 11.1. The lowest BCUT2D eigenvalue weighted by atomic mass is 10.1. The lowest BCUT2D eigenvalue weighted by Crippen LogP contribution is -2.31. The molecule has 0 radical (unpaired) electrons. The van der Waals surface area contributed by atoms with E-state index in [0.29, 0.717) is 6.61 Å². The molecular formula is C12H17NO3. The van der Waals surface area contributed by atoms with Crippen molar-refractivity contribution in [3.63, 3.8) is 0 Å². The van der Waals surface area contributed by atoms with E-state index in [-0.39, 0.29) is 12.6 Å². The van der Waals surface area contributed by atoms with Gasteiger partial charge in [-0.15, -0.1) is 0 Å². The van der Waals surface area contributed by atoms with Gasteiger partial charge in [0.2, 0.25) is 0 Å². The molecule has 1 aromatic carbocycles. The zero-order valence-corrected chi connectivity index (χ0v) is 9.40. The Morgan fingerprint density at radius 1 is 1.56 bits per heavy atom. The molecule has 0 bridgehead atoms. The molecule has 1 heterocycles. The predicted molar refractivity (Wildman–Crippen MR) is 62.2 cm³/mol. The minimum absolute atomic E-state index is 0.225. The van der Waals surface area contributed by atoms with Crippen LogP contribution in [-0.4, -0.2) is 31.5 Å². The number of aliphatic hydroxyl groups excluding tert-OH is 1. The van der Waals surface area contributed by atoms with Gasteiger partial charge in [0.05, 0.1) is 18.8 Å². The average molecular weight is 223 g/mol. The van der Waals surface area contributed by atoms with Crippen molar-refractivity contribution in [1.82, 2.24) is 0 Å². The fourth-order valence-corrected chi connectivity index (χ4v) is 1.82. The molecule has 2 N–H and O–H groups in total. The molecule has 88 valence electrons. The summed E-state index contributed by atoms with van der Waals surface area (Å²) in [6.07, 6.45) is 1.70. The second-order valence-corrected chi connectivity index (χ2v) is 3.88. The quantitative estimate of drug-likeness (QED) is 0.814. The maximum Gasteiger partial charge on any atom is 0.142 e. The van der Waals surface area contributed by atoms with E-state index < -0.39 is 0 Å². The van der Waals surface area contributed by atoms with Crippen LogP contribution in [0, 0.1) is 0 Å². The van der Waals surface area contributed by atoms with Gasteiger partial charge in [0.1, 0.15) is 18.1 Å². The van der Waals surface area contributed by atoms with Gasteiger partial charge in [-0.3, -0.25) is 0 Å². The molecule has 1 aliphatic heterocycles. The molecule has 1 atom stereocenters. The summed E-state index contributed by atoms with van der Waals surface area (Å²) in [5, 5.41) is 12.2. The Balaban J connectivity index is 2.06. The van der Waals surface area contributed by atoms with Crippen molar-refractivity contribution in [2.45, 2.75) is 18.9 Å². The lowest BCUT2D eigenvalue weighted by Gasteiger charge is -2.27. The van der Waals surface area contributed by atoms with Crippen molar-refractivity contribution < 1.29 is 14.6 Å². The van der Waals surface area contributed by atoms with Crippen LogP contribution in [0.2, 0.25) is 0 Å². The number of fused-ring (bicyclic) bond motifs is 1. The molecule has 0 saturated carbocycles. The Morgan fingerprint density at radius 3 is 3.19 bits per heavy atom. The summed E-state index contributed by atoms with van der Waals surface area (Å²) in [6.45, 7) is 0.877. The summed E-state index contributed by atoms with van der Waals surface area (Å²) in [5.41, 5.74) is 0.966. The van der Waals surface area contributed by atoms with Crippen LogP contribution < -0.4 is 14.8 Å². The molecule has 2 rings (SSSR count). The van der Waals surface area contributed by atoms with Gasteiger partial charge in [0.15, 0.2) is 0 Å². The van der Waals surface area contributed by atoms with E-state index in [1.165, 1.54) is 0 Å². The molecule has 0 amide bonds. The highest BCUT2D eigenvalue weighted by Gasteiger charge is 2.18. The van der Waals surface area contributed by atoms with E-state index in [2.05, 4.69) is 5.32 Å². The Kier molecular flexibility index (Phi) is 3.51. The van der Waals surface area contributed by atoms with Crippen molar-refractivity contribution in [2.24, 2.45) is 0 Å². The maximum atomic E-state index is 8.79. The molecule has 4 heteroatoms. The van der Waals surface area contributed by atoms with Gasteiger partial charge in [0, 0.05) is 12.7 Å². The van der Waals surface area contributed by atoms with Gasteiger partial charge < -0.3 is 19.9 Å². The summed E-state index contributed by atoms with van der Waals surface area (Å²) in [4.78, 5) is 0. The first-order valence-corrected chi connectivity index (χ1v) is 5.51. The van der Waals surface area contributed by atoms with Crippen molar-refractivity contribution in [3.8, 4) is 11.5 Å². The summed E-state index contributed by atoms with van der Waals surface area (Å²) in [5.74, 6) is 1.68. The van der Waals surface area contributed by atoms with Gasteiger partial charge in [-0.25, -0.2) is 0 Å². The second kappa shape index (κ2) is 5.07. The Hall–Kier alpha value is -1.42. The highest BCUT2D eigenvalue weighted by molar-refractivity contribution is 5.61. The van der Waals surface area contributed by atoms with Gasteiger partial charge in [0.25, 0.3) is 0 Å². The number of aliphatic hydroxyl groups is 1. The van der Waals surface area contributed by atoms with Crippen LogP contribution >= 0.6 is 0 Å². The number of benzene rings is 1. The fraction of sp³-hybridized carbons (Fsp3) is 0.500. The van der Waals surface area contributed by atoms with Crippen LogP contribution in [0.4, 0.5) is 5.69 Å². The fourth-order valence-electron chi connectivity index (χ4n) is 1.82. The number of rotatable bonds is 4. The van der Waals surface area contributed by atoms with E-state index in [4.69, 9.17) is 14.6 Å². The van der Waals surface area contributed by atoms with Crippen molar-refractivity contribution >= 4 is 5.69 Å². The van der Waals surface area contributed by atoms with Crippen LogP contribution in [0.25, 0.3) is 0 Å². The molecular weight excluding hydrogens is 206 g/mol. The molecule has 0 saturated heterocycles. The zero-order valence-electron chi connectivity index (χ0n) is 9.40. The molecule has 0 spiro atoms. The van der Waals surface area contributed by atoms with E-state index >= 15 is 0 Å². The van der Waals surface area contributed by atoms with Crippen LogP contribution in [0.3, 0.4) is 0 Å². The van der Waals surface area contributed by atoms with Gasteiger partial charge in [-0.2, -0.15) is 0 Å². The summed E-state index contributed by atoms with van der Waals surface area (Å²) >= 11 is 0. The van der Waals surface area contributed by atoms with Crippen LogP contribution in [0.5, 0.6) is 11.5 Å². The van der Waals surface area contributed by atoms with Gasteiger partial charge >= 0.3 is 0 Å². The van der Waals surface area contributed by atoms with E-state index in [9.17, 15) is 0 Å². The monoisotopic (exact) mass is 223 g/mol. The molecule has 1 aromatic rings. The smallest absolute Gasteiger partial charge is 0.142 e. The lowest BCUT2D eigenvalue weighted by molar-refractivity contribution is 0.249. The number of anilines is 1. The van der Waals surface area contributed by atoms with E-state index in [1.807, 2.05) is 18.2 Å². The molecule has 0 fully saturated rings. The second-order valence-electron chi connectivity index (χ2n) is 3.88. The molecule has 16 heavy (non-hydrogen) atoms. The Bertz CT molecular complexity index is 354. The topological polar surface area (TPSA) is 50.7 Å². The Morgan fingerprint density at radius 2 is 2.44 bits per heavy atom.